The lowest BCUT2D eigenvalue weighted by Crippen LogP contribution is -2.35. The summed E-state index contributed by atoms with van der Waals surface area (Å²) in [6.07, 6.45) is 2.56. The van der Waals surface area contributed by atoms with Gasteiger partial charge in [0, 0.05) is 19.3 Å². The molecule has 2 amide bonds. The number of nitro groups is 1. The molecule has 2 rings (SSSR count). The minimum atomic E-state index is -0.670. The van der Waals surface area contributed by atoms with Crippen LogP contribution in [-0.2, 0) is 6.42 Å². The second-order valence-corrected chi connectivity index (χ2v) is 4.89. The van der Waals surface area contributed by atoms with Crippen molar-refractivity contribution in [3.8, 4) is 0 Å². The van der Waals surface area contributed by atoms with Crippen LogP contribution in [0, 0.1) is 10.1 Å². The molecule has 11 nitrogen and oxygen atoms in total. The number of rotatable bonds is 8. The van der Waals surface area contributed by atoms with Gasteiger partial charge in [-0.2, -0.15) is 10.2 Å². The first-order valence-electron chi connectivity index (χ1n) is 7.32. The van der Waals surface area contributed by atoms with E-state index in [1.54, 1.807) is 0 Å². The molecule has 0 saturated heterocycles. The van der Waals surface area contributed by atoms with Crippen LogP contribution in [0.25, 0.3) is 0 Å². The minimum Gasteiger partial charge on any atom is -0.349 e. The highest BCUT2D eigenvalue weighted by Gasteiger charge is 2.28. The van der Waals surface area contributed by atoms with Crippen LogP contribution in [0.3, 0.4) is 0 Å². The summed E-state index contributed by atoms with van der Waals surface area (Å²) in [6.45, 7) is 2.13. The van der Waals surface area contributed by atoms with Crippen LogP contribution >= 0.6 is 0 Å². The van der Waals surface area contributed by atoms with Crippen LogP contribution in [-0.4, -0.2) is 50.2 Å². The molecule has 11 heteroatoms. The van der Waals surface area contributed by atoms with Gasteiger partial charge in [-0.3, -0.25) is 29.9 Å². The van der Waals surface area contributed by atoms with Gasteiger partial charge in [-0.05, 0) is 12.5 Å². The number of nitrogens with zero attached hydrogens (tertiary/aromatic N) is 3. The third-order valence-electron chi connectivity index (χ3n) is 3.15. The van der Waals surface area contributed by atoms with Gasteiger partial charge in [0.25, 0.3) is 11.8 Å². The molecule has 0 aliphatic heterocycles. The average Bonchev–Trinajstić information content (AvgIpc) is 3.20. The van der Waals surface area contributed by atoms with E-state index >= 15 is 0 Å². The summed E-state index contributed by atoms with van der Waals surface area (Å²) in [4.78, 5) is 34.2. The lowest BCUT2D eigenvalue weighted by molar-refractivity contribution is -0.385. The molecule has 0 bridgehead atoms. The summed E-state index contributed by atoms with van der Waals surface area (Å²) in [7, 11) is 0. The van der Waals surface area contributed by atoms with E-state index in [4.69, 9.17) is 0 Å². The first-order chi connectivity index (χ1) is 11.5. The molecule has 0 unspecified atom stereocenters. The molecule has 4 N–H and O–H groups in total. The average molecular weight is 335 g/mol. The van der Waals surface area contributed by atoms with Gasteiger partial charge < -0.3 is 10.6 Å². The van der Waals surface area contributed by atoms with Gasteiger partial charge in [0.15, 0.2) is 0 Å². The zero-order chi connectivity index (χ0) is 17.5. The topological polar surface area (TPSA) is 159 Å². The number of aryl methyl sites for hydroxylation is 1. The summed E-state index contributed by atoms with van der Waals surface area (Å²) in [5.41, 5.74) is 0.0489. The monoisotopic (exact) mass is 335 g/mol. The predicted octanol–water partition coefficient (Wildman–Crippen LogP) is 0.153. The van der Waals surface area contributed by atoms with E-state index in [0.717, 1.165) is 0 Å². The Bertz CT molecular complexity index is 723. The van der Waals surface area contributed by atoms with Crippen molar-refractivity contribution in [2.45, 2.75) is 19.8 Å². The molecule has 0 spiro atoms. The molecule has 2 heterocycles. The molecule has 0 aliphatic carbocycles. The van der Waals surface area contributed by atoms with E-state index in [-0.39, 0.29) is 30.4 Å². The maximum atomic E-state index is 12.0. The number of nitrogens with one attached hydrogen (secondary N) is 4. The van der Waals surface area contributed by atoms with Crippen LogP contribution < -0.4 is 10.6 Å². The Balaban J connectivity index is 1.88. The van der Waals surface area contributed by atoms with E-state index in [1.165, 1.54) is 12.3 Å². The first-order valence-corrected chi connectivity index (χ1v) is 7.32. The van der Waals surface area contributed by atoms with E-state index in [9.17, 15) is 19.7 Å². The highest BCUT2D eigenvalue weighted by atomic mass is 16.6. The number of carbonyl (C=O) groups is 2. The van der Waals surface area contributed by atoms with Crippen molar-refractivity contribution >= 4 is 17.5 Å². The smallest absolute Gasteiger partial charge is 0.322 e. The Morgan fingerprint density at radius 2 is 1.96 bits per heavy atom. The quantitative estimate of drug-likeness (QED) is 0.305. The number of carbonyl (C=O) groups excluding carboxylic acids is 2. The van der Waals surface area contributed by atoms with Gasteiger partial charge >= 0.3 is 5.69 Å². The second kappa shape index (κ2) is 7.85. The second-order valence-electron chi connectivity index (χ2n) is 4.89. The lowest BCUT2D eigenvalue weighted by Gasteiger charge is -2.05. The van der Waals surface area contributed by atoms with Gasteiger partial charge in [0.2, 0.25) is 5.69 Å². The molecular weight excluding hydrogens is 318 g/mol. The fourth-order valence-corrected chi connectivity index (χ4v) is 2.06. The molecule has 0 saturated carbocycles. The number of aromatic amines is 2. The van der Waals surface area contributed by atoms with Gasteiger partial charge in [-0.1, -0.05) is 13.3 Å². The number of aromatic nitrogens is 4. The molecule has 0 aliphatic rings. The van der Waals surface area contributed by atoms with Gasteiger partial charge in [0.05, 0.1) is 4.92 Å². The van der Waals surface area contributed by atoms with Crippen LogP contribution in [0.15, 0.2) is 12.3 Å². The summed E-state index contributed by atoms with van der Waals surface area (Å²) < 4.78 is 0. The van der Waals surface area contributed by atoms with Crippen molar-refractivity contribution in [2.75, 3.05) is 13.1 Å². The number of hydrogen-bond donors (Lipinski definition) is 4. The highest BCUT2D eigenvalue weighted by Crippen LogP contribution is 2.22. The molecular formula is C13H17N7O4. The molecule has 0 aromatic carbocycles. The standard InChI is InChI=1S/C13H17N7O4/c1-2-3-8-11(20(23)24)10(19-18-8)13(22)15-7-6-14-12(21)9-4-5-16-17-9/h4-5H,2-3,6-7H2,1H3,(H,14,21)(H,15,22)(H,16,17)(H,18,19). The third kappa shape index (κ3) is 3.94. The summed E-state index contributed by atoms with van der Waals surface area (Å²) in [6, 6.07) is 1.51. The maximum absolute atomic E-state index is 12.0. The molecule has 0 atom stereocenters. The fraction of sp³-hybridized carbons (Fsp3) is 0.385. The van der Waals surface area contributed by atoms with E-state index < -0.39 is 10.8 Å². The number of hydrogen-bond acceptors (Lipinski definition) is 6. The van der Waals surface area contributed by atoms with Crippen molar-refractivity contribution < 1.29 is 14.5 Å². The minimum absolute atomic E-state index is 0.103. The molecule has 24 heavy (non-hydrogen) atoms. The summed E-state index contributed by atoms with van der Waals surface area (Å²) >= 11 is 0. The Hall–Kier alpha value is -3.24. The largest absolute Gasteiger partial charge is 0.349 e. The van der Waals surface area contributed by atoms with Crippen LogP contribution in [0.4, 0.5) is 5.69 Å². The predicted molar refractivity (Wildman–Crippen MR) is 82.5 cm³/mol. The van der Waals surface area contributed by atoms with E-state index in [1.807, 2.05) is 6.92 Å². The Labute approximate surface area is 136 Å². The van der Waals surface area contributed by atoms with Gasteiger partial charge in [0.1, 0.15) is 11.4 Å². The first kappa shape index (κ1) is 17.1. The molecule has 128 valence electrons. The molecule has 2 aromatic rings. The SMILES string of the molecule is CCCc1[nH]nc(C(=O)NCCNC(=O)c2ccn[nH]2)c1[N+](=O)[O-]. The van der Waals surface area contributed by atoms with Crippen molar-refractivity contribution in [3.05, 3.63) is 39.5 Å². The molecule has 2 aromatic heterocycles. The van der Waals surface area contributed by atoms with Crippen LogP contribution in [0.5, 0.6) is 0 Å². The number of amides is 2. The number of H-pyrrole nitrogens is 2. The van der Waals surface area contributed by atoms with Crippen molar-refractivity contribution in [3.63, 3.8) is 0 Å². The lowest BCUT2D eigenvalue weighted by atomic mass is 10.2. The van der Waals surface area contributed by atoms with Gasteiger partial charge in [-0.25, -0.2) is 0 Å². The van der Waals surface area contributed by atoms with Crippen molar-refractivity contribution in [1.82, 2.24) is 31.0 Å². The summed E-state index contributed by atoms with van der Waals surface area (Å²) in [5, 5.41) is 28.6. The van der Waals surface area contributed by atoms with Crippen LogP contribution in [0.2, 0.25) is 0 Å². The van der Waals surface area contributed by atoms with Gasteiger partial charge in [-0.15, -0.1) is 0 Å². The molecule has 0 fully saturated rings. The normalized spacial score (nSPS) is 10.4. The van der Waals surface area contributed by atoms with Crippen LogP contribution in [0.1, 0.15) is 40.0 Å². The van der Waals surface area contributed by atoms with E-state index in [0.29, 0.717) is 24.2 Å². The maximum Gasteiger partial charge on any atom is 0.322 e. The third-order valence-corrected chi connectivity index (χ3v) is 3.15. The Morgan fingerprint density at radius 3 is 2.54 bits per heavy atom. The van der Waals surface area contributed by atoms with Crippen molar-refractivity contribution in [2.24, 2.45) is 0 Å². The fourth-order valence-electron chi connectivity index (χ4n) is 2.06. The summed E-state index contributed by atoms with van der Waals surface area (Å²) in [5.74, 6) is -1.03. The molecule has 0 radical (unpaired) electrons. The van der Waals surface area contributed by atoms with E-state index in [2.05, 4.69) is 31.0 Å². The van der Waals surface area contributed by atoms with Crippen molar-refractivity contribution in [1.29, 1.82) is 0 Å². The zero-order valence-corrected chi connectivity index (χ0v) is 13.0. The highest BCUT2D eigenvalue weighted by molar-refractivity contribution is 5.96. The zero-order valence-electron chi connectivity index (χ0n) is 13.0. The Kier molecular flexibility index (Phi) is 5.60. The Morgan fingerprint density at radius 1 is 1.25 bits per heavy atom.